The number of benzene rings is 1. The smallest absolute Gasteiger partial charge is 0.237 e. The zero-order valence-electron chi connectivity index (χ0n) is 15.1. The highest BCUT2D eigenvalue weighted by molar-refractivity contribution is 5.88. The number of nitrogens with one attached hydrogen (secondary N) is 1. The van der Waals surface area contributed by atoms with E-state index in [1.807, 2.05) is 30.0 Å². The minimum absolute atomic E-state index is 0.0893. The molecule has 25 heavy (non-hydrogen) atoms. The van der Waals surface area contributed by atoms with Crippen LogP contribution in [0.1, 0.15) is 17.5 Å². The van der Waals surface area contributed by atoms with Gasteiger partial charge in [-0.15, -0.1) is 0 Å². The maximum Gasteiger partial charge on any atom is 0.237 e. The van der Waals surface area contributed by atoms with Crippen LogP contribution in [0.4, 0.5) is 0 Å². The molecule has 2 amide bonds. The Balaban J connectivity index is 2.09. The number of methoxy groups -OCH3 is 1. The van der Waals surface area contributed by atoms with Gasteiger partial charge < -0.3 is 20.1 Å². The van der Waals surface area contributed by atoms with E-state index >= 15 is 0 Å². The number of rotatable bonds is 7. The normalized spacial score (nSPS) is 17.9. The van der Waals surface area contributed by atoms with Gasteiger partial charge in [-0.3, -0.25) is 14.5 Å². The zero-order chi connectivity index (χ0) is 18.4. The van der Waals surface area contributed by atoms with Gasteiger partial charge in [0.15, 0.2) is 0 Å². The lowest BCUT2D eigenvalue weighted by Gasteiger charge is -2.35. The molecule has 138 valence electrons. The lowest BCUT2D eigenvalue weighted by atomic mass is 10.0. The second-order valence-electron chi connectivity index (χ2n) is 6.32. The van der Waals surface area contributed by atoms with Crippen molar-refractivity contribution in [3.8, 4) is 5.75 Å². The highest BCUT2D eigenvalue weighted by atomic mass is 16.5. The third-order valence-electron chi connectivity index (χ3n) is 4.52. The quantitative estimate of drug-likeness (QED) is 0.732. The number of carbonyl (C=O) groups is 2. The van der Waals surface area contributed by atoms with Crippen LogP contribution >= 0.6 is 0 Å². The van der Waals surface area contributed by atoms with Crippen LogP contribution in [-0.4, -0.2) is 73.2 Å². The molecule has 1 aromatic rings. The molecule has 0 aromatic heterocycles. The van der Waals surface area contributed by atoms with E-state index in [9.17, 15) is 9.59 Å². The lowest BCUT2D eigenvalue weighted by molar-refractivity contribution is -0.138. The van der Waals surface area contributed by atoms with Crippen molar-refractivity contribution in [1.82, 2.24) is 15.1 Å². The van der Waals surface area contributed by atoms with Gasteiger partial charge >= 0.3 is 0 Å². The lowest BCUT2D eigenvalue weighted by Crippen LogP contribution is -2.56. The molecular weight excluding hydrogens is 322 g/mol. The summed E-state index contributed by atoms with van der Waals surface area (Å²) in [4.78, 5) is 28.0. The van der Waals surface area contributed by atoms with Crippen LogP contribution in [0.3, 0.4) is 0 Å². The number of carbonyl (C=O) groups excluding carboxylic acids is 2. The maximum atomic E-state index is 12.3. The number of hydrogen-bond acceptors (Lipinski definition) is 5. The fraction of sp³-hybridized carbons (Fsp3) is 0.556. The molecule has 0 spiro atoms. The fourth-order valence-electron chi connectivity index (χ4n) is 3.04. The summed E-state index contributed by atoms with van der Waals surface area (Å²) in [6, 6.07) is 5.45. The predicted octanol–water partition coefficient (Wildman–Crippen LogP) is 0.145. The Labute approximate surface area is 148 Å². The summed E-state index contributed by atoms with van der Waals surface area (Å²) < 4.78 is 5.28. The van der Waals surface area contributed by atoms with Gasteiger partial charge in [-0.2, -0.15) is 0 Å². The van der Waals surface area contributed by atoms with E-state index in [-0.39, 0.29) is 31.4 Å². The second-order valence-corrected chi connectivity index (χ2v) is 6.32. The van der Waals surface area contributed by atoms with Crippen LogP contribution in [0, 0.1) is 6.92 Å². The number of likely N-dealkylation sites (N-methyl/N-ethyl adjacent to an activating group) is 1. The minimum atomic E-state index is -0.496. The third kappa shape index (κ3) is 4.93. The molecule has 0 bridgehead atoms. The van der Waals surface area contributed by atoms with Gasteiger partial charge in [0.05, 0.1) is 26.2 Å². The van der Waals surface area contributed by atoms with E-state index in [2.05, 4.69) is 5.32 Å². The van der Waals surface area contributed by atoms with E-state index in [1.54, 1.807) is 14.2 Å². The summed E-state index contributed by atoms with van der Waals surface area (Å²) in [6.07, 6.45) is 0.109. The first kappa shape index (κ1) is 19.2. The molecular formula is C18H27N3O4. The molecule has 1 aromatic carbocycles. The molecule has 1 fully saturated rings. The van der Waals surface area contributed by atoms with Gasteiger partial charge in [0, 0.05) is 33.2 Å². The molecule has 2 rings (SSSR count). The fourth-order valence-corrected chi connectivity index (χ4v) is 3.04. The van der Waals surface area contributed by atoms with E-state index in [0.717, 1.165) is 16.9 Å². The van der Waals surface area contributed by atoms with Gasteiger partial charge in [0.25, 0.3) is 0 Å². The molecule has 1 heterocycles. The Hall–Kier alpha value is -2.12. The molecule has 0 radical (unpaired) electrons. The van der Waals surface area contributed by atoms with Gasteiger partial charge in [-0.05, 0) is 24.1 Å². The van der Waals surface area contributed by atoms with Crippen molar-refractivity contribution in [2.45, 2.75) is 25.9 Å². The van der Waals surface area contributed by atoms with Gasteiger partial charge in [-0.25, -0.2) is 0 Å². The number of aliphatic hydroxyl groups excluding tert-OH is 1. The minimum Gasteiger partial charge on any atom is -0.496 e. The van der Waals surface area contributed by atoms with E-state index in [4.69, 9.17) is 9.84 Å². The van der Waals surface area contributed by atoms with Crippen LogP contribution in [0.2, 0.25) is 0 Å². The number of aryl methyl sites for hydroxylation is 1. The monoisotopic (exact) mass is 349 g/mol. The third-order valence-corrected chi connectivity index (χ3v) is 4.52. The summed E-state index contributed by atoms with van der Waals surface area (Å²) in [5.74, 6) is 0.562. The molecule has 1 aliphatic heterocycles. The first-order chi connectivity index (χ1) is 12.0. The standard InChI is InChI=1S/C18H27N3O4/c1-13-10-14(4-5-16(13)25-3)12-21-7-6-19-18(24)15(21)11-17(23)20(2)8-9-22/h4-5,10,15,22H,6-9,11-12H2,1-3H3,(H,19,24). The molecule has 1 aliphatic rings. The SMILES string of the molecule is COc1ccc(CN2CCNC(=O)C2CC(=O)N(C)CCO)cc1C. The second kappa shape index (κ2) is 8.82. The topological polar surface area (TPSA) is 82.1 Å². The van der Waals surface area contributed by atoms with Crippen molar-refractivity contribution in [2.24, 2.45) is 0 Å². The molecule has 1 unspecified atom stereocenters. The number of ether oxygens (including phenoxy) is 1. The number of piperazine rings is 1. The van der Waals surface area contributed by atoms with Crippen LogP contribution in [0.15, 0.2) is 18.2 Å². The number of hydrogen-bond donors (Lipinski definition) is 2. The average molecular weight is 349 g/mol. The first-order valence-electron chi connectivity index (χ1n) is 8.46. The van der Waals surface area contributed by atoms with Crippen LogP contribution < -0.4 is 10.1 Å². The summed E-state index contributed by atoms with van der Waals surface area (Å²) in [6.45, 7) is 4.03. The summed E-state index contributed by atoms with van der Waals surface area (Å²) >= 11 is 0. The van der Waals surface area contributed by atoms with E-state index < -0.39 is 6.04 Å². The predicted molar refractivity (Wildman–Crippen MR) is 94.3 cm³/mol. The van der Waals surface area contributed by atoms with Crippen molar-refractivity contribution in [3.63, 3.8) is 0 Å². The van der Waals surface area contributed by atoms with Crippen LogP contribution in [-0.2, 0) is 16.1 Å². The Morgan fingerprint density at radius 2 is 2.24 bits per heavy atom. The van der Waals surface area contributed by atoms with Crippen molar-refractivity contribution in [2.75, 3.05) is 40.4 Å². The maximum absolute atomic E-state index is 12.3. The number of amides is 2. The van der Waals surface area contributed by atoms with Crippen molar-refractivity contribution < 1.29 is 19.4 Å². The van der Waals surface area contributed by atoms with Crippen molar-refractivity contribution in [3.05, 3.63) is 29.3 Å². The molecule has 1 atom stereocenters. The molecule has 2 N–H and O–H groups in total. The van der Waals surface area contributed by atoms with E-state index in [0.29, 0.717) is 19.6 Å². The Morgan fingerprint density at radius 1 is 1.48 bits per heavy atom. The van der Waals surface area contributed by atoms with Gasteiger partial charge in [0.1, 0.15) is 5.75 Å². The average Bonchev–Trinajstić information content (AvgIpc) is 2.58. The molecule has 0 aliphatic carbocycles. The summed E-state index contributed by atoms with van der Waals surface area (Å²) in [5.41, 5.74) is 2.12. The summed E-state index contributed by atoms with van der Waals surface area (Å²) in [5, 5.41) is 11.8. The Kier molecular flexibility index (Phi) is 6.78. The number of aliphatic hydroxyl groups is 1. The zero-order valence-corrected chi connectivity index (χ0v) is 15.1. The highest BCUT2D eigenvalue weighted by Crippen LogP contribution is 2.21. The Bertz CT molecular complexity index is 620. The van der Waals surface area contributed by atoms with Crippen LogP contribution in [0.25, 0.3) is 0 Å². The van der Waals surface area contributed by atoms with Crippen molar-refractivity contribution >= 4 is 11.8 Å². The summed E-state index contributed by atoms with van der Waals surface area (Å²) in [7, 11) is 3.28. The van der Waals surface area contributed by atoms with Crippen molar-refractivity contribution in [1.29, 1.82) is 0 Å². The number of nitrogens with zero attached hydrogens (tertiary/aromatic N) is 2. The van der Waals surface area contributed by atoms with Crippen LogP contribution in [0.5, 0.6) is 5.75 Å². The van der Waals surface area contributed by atoms with E-state index in [1.165, 1.54) is 4.90 Å². The molecule has 1 saturated heterocycles. The first-order valence-corrected chi connectivity index (χ1v) is 8.46. The highest BCUT2D eigenvalue weighted by Gasteiger charge is 2.32. The molecule has 0 saturated carbocycles. The Morgan fingerprint density at radius 3 is 2.88 bits per heavy atom. The molecule has 7 heteroatoms. The van der Waals surface area contributed by atoms with Gasteiger partial charge in [-0.1, -0.05) is 12.1 Å². The molecule has 7 nitrogen and oxygen atoms in total. The largest absolute Gasteiger partial charge is 0.496 e. The van der Waals surface area contributed by atoms with Gasteiger partial charge in [0.2, 0.25) is 11.8 Å².